The number of aromatic nitrogens is 3. The van der Waals surface area contributed by atoms with Crippen LogP contribution in [0.4, 0.5) is 0 Å². The molecule has 0 aliphatic rings. The Hall–Kier alpha value is -2.70. The zero-order valence-electron chi connectivity index (χ0n) is 9.41. The van der Waals surface area contributed by atoms with Crippen LogP contribution >= 0.6 is 0 Å². The van der Waals surface area contributed by atoms with E-state index in [9.17, 15) is 9.59 Å². The average Bonchev–Trinajstić information content (AvgIpc) is 2.90. The molecule has 3 N–H and O–H groups in total. The van der Waals surface area contributed by atoms with Crippen molar-refractivity contribution in [2.75, 3.05) is 6.54 Å². The van der Waals surface area contributed by atoms with Gasteiger partial charge >= 0.3 is 0 Å². The van der Waals surface area contributed by atoms with E-state index < -0.39 is 11.8 Å². The molecule has 0 radical (unpaired) electrons. The highest BCUT2D eigenvalue weighted by Crippen LogP contribution is 2.05. The van der Waals surface area contributed by atoms with Gasteiger partial charge in [0.15, 0.2) is 0 Å². The highest BCUT2D eigenvalue weighted by molar-refractivity contribution is 5.96. The van der Waals surface area contributed by atoms with E-state index in [4.69, 9.17) is 5.73 Å². The SMILES string of the molecule is NC(=O)CNC(=O)c1ccc(-n2ccnc2)nc1. The molecule has 0 unspecified atom stereocenters. The Morgan fingerprint density at radius 1 is 1.39 bits per heavy atom. The fourth-order valence-electron chi connectivity index (χ4n) is 1.34. The molecule has 0 saturated heterocycles. The van der Waals surface area contributed by atoms with Gasteiger partial charge in [0.2, 0.25) is 5.91 Å². The molecule has 0 saturated carbocycles. The fourth-order valence-corrected chi connectivity index (χ4v) is 1.34. The molecule has 2 aromatic rings. The number of rotatable bonds is 4. The first-order valence-electron chi connectivity index (χ1n) is 5.17. The van der Waals surface area contributed by atoms with Gasteiger partial charge in [0.05, 0.1) is 12.1 Å². The topological polar surface area (TPSA) is 103 Å². The second-order valence-corrected chi connectivity index (χ2v) is 3.52. The van der Waals surface area contributed by atoms with E-state index in [1.807, 2.05) is 0 Å². The Balaban J connectivity index is 2.08. The normalized spacial score (nSPS) is 10.0. The number of carbonyl (C=O) groups is 2. The lowest BCUT2D eigenvalue weighted by Crippen LogP contribution is -2.33. The van der Waals surface area contributed by atoms with Gasteiger partial charge in [0, 0.05) is 18.6 Å². The van der Waals surface area contributed by atoms with E-state index in [-0.39, 0.29) is 6.54 Å². The predicted molar refractivity (Wildman–Crippen MR) is 62.9 cm³/mol. The Bertz CT molecular complexity index is 547. The summed E-state index contributed by atoms with van der Waals surface area (Å²) < 4.78 is 1.71. The van der Waals surface area contributed by atoms with Gasteiger partial charge in [0.25, 0.3) is 5.91 Å². The molecular weight excluding hydrogens is 234 g/mol. The highest BCUT2D eigenvalue weighted by atomic mass is 16.2. The van der Waals surface area contributed by atoms with Gasteiger partial charge in [-0.25, -0.2) is 9.97 Å². The van der Waals surface area contributed by atoms with Crippen LogP contribution in [-0.2, 0) is 4.79 Å². The summed E-state index contributed by atoms with van der Waals surface area (Å²) in [5.41, 5.74) is 5.29. The van der Waals surface area contributed by atoms with Crippen molar-refractivity contribution in [2.45, 2.75) is 0 Å². The van der Waals surface area contributed by atoms with E-state index in [0.717, 1.165) is 0 Å². The first-order valence-corrected chi connectivity index (χ1v) is 5.17. The predicted octanol–water partition coefficient (Wildman–Crippen LogP) is -0.518. The van der Waals surface area contributed by atoms with Crippen LogP contribution in [0.1, 0.15) is 10.4 Å². The van der Waals surface area contributed by atoms with Crippen LogP contribution in [0, 0.1) is 0 Å². The molecule has 0 aliphatic heterocycles. The van der Waals surface area contributed by atoms with Crippen molar-refractivity contribution in [2.24, 2.45) is 5.73 Å². The molecule has 7 heteroatoms. The van der Waals surface area contributed by atoms with Crippen LogP contribution in [-0.4, -0.2) is 32.9 Å². The minimum absolute atomic E-state index is 0.192. The molecule has 0 atom stereocenters. The number of nitrogens with two attached hydrogens (primary N) is 1. The third-order valence-electron chi connectivity index (χ3n) is 2.20. The summed E-state index contributed by atoms with van der Waals surface area (Å²) in [6, 6.07) is 3.29. The number of carbonyl (C=O) groups excluding carboxylic acids is 2. The number of imidazole rings is 1. The summed E-state index contributed by atoms with van der Waals surface area (Å²) in [6.45, 7) is -0.192. The van der Waals surface area contributed by atoms with Crippen LogP contribution in [0.3, 0.4) is 0 Å². The van der Waals surface area contributed by atoms with Crippen molar-refractivity contribution >= 4 is 11.8 Å². The number of amides is 2. The molecule has 92 valence electrons. The maximum Gasteiger partial charge on any atom is 0.253 e. The van der Waals surface area contributed by atoms with E-state index in [0.29, 0.717) is 11.4 Å². The van der Waals surface area contributed by atoms with Gasteiger partial charge in [-0.1, -0.05) is 0 Å². The maximum atomic E-state index is 11.6. The third-order valence-corrected chi connectivity index (χ3v) is 2.20. The molecule has 2 amide bonds. The minimum atomic E-state index is -0.591. The monoisotopic (exact) mass is 245 g/mol. The number of hydrogen-bond donors (Lipinski definition) is 2. The second kappa shape index (κ2) is 5.09. The Labute approximate surface area is 103 Å². The number of pyridine rings is 1. The third kappa shape index (κ3) is 2.70. The fraction of sp³-hybridized carbons (Fsp3) is 0.0909. The quantitative estimate of drug-likeness (QED) is 0.756. The smallest absolute Gasteiger partial charge is 0.253 e. The molecular formula is C11H11N5O2. The number of hydrogen-bond acceptors (Lipinski definition) is 4. The average molecular weight is 245 g/mol. The van der Waals surface area contributed by atoms with E-state index in [1.54, 1.807) is 35.4 Å². The lowest BCUT2D eigenvalue weighted by atomic mass is 10.2. The van der Waals surface area contributed by atoms with Gasteiger partial charge in [0.1, 0.15) is 12.1 Å². The summed E-state index contributed by atoms with van der Waals surface area (Å²) in [5.74, 6) is -0.330. The zero-order valence-corrected chi connectivity index (χ0v) is 9.41. The Morgan fingerprint density at radius 3 is 2.78 bits per heavy atom. The van der Waals surface area contributed by atoms with Crippen molar-refractivity contribution < 1.29 is 9.59 Å². The standard InChI is InChI=1S/C11H11N5O2/c12-9(17)6-15-11(18)8-1-2-10(14-5-8)16-4-3-13-7-16/h1-5,7H,6H2,(H2,12,17)(H,15,18). The maximum absolute atomic E-state index is 11.6. The molecule has 2 rings (SSSR count). The zero-order chi connectivity index (χ0) is 13.0. The van der Waals surface area contributed by atoms with Crippen LogP contribution < -0.4 is 11.1 Å². The van der Waals surface area contributed by atoms with Gasteiger partial charge in [-0.3, -0.25) is 14.2 Å². The molecule has 0 aliphatic carbocycles. The van der Waals surface area contributed by atoms with Gasteiger partial charge in [-0.15, -0.1) is 0 Å². The summed E-state index contributed by atoms with van der Waals surface area (Å²) in [4.78, 5) is 30.1. The number of primary amides is 1. The van der Waals surface area contributed by atoms with Crippen LogP contribution in [0.25, 0.3) is 5.82 Å². The highest BCUT2D eigenvalue weighted by Gasteiger charge is 2.07. The summed E-state index contributed by atoms with van der Waals surface area (Å²) in [5, 5.41) is 2.38. The largest absolute Gasteiger partial charge is 0.368 e. The van der Waals surface area contributed by atoms with E-state index >= 15 is 0 Å². The molecule has 7 nitrogen and oxygen atoms in total. The van der Waals surface area contributed by atoms with Crippen LogP contribution in [0.2, 0.25) is 0 Å². The lowest BCUT2D eigenvalue weighted by Gasteiger charge is -2.04. The first-order chi connectivity index (χ1) is 8.66. The van der Waals surface area contributed by atoms with Crippen molar-refractivity contribution in [3.63, 3.8) is 0 Å². The van der Waals surface area contributed by atoms with Gasteiger partial charge in [-0.2, -0.15) is 0 Å². The number of nitrogens with one attached hydrogen (secondary N) is 1. The molecule has 18 heavy (non-hydrogen) atoms. The minimum Gasteiger partial charge on any atom is -0.368 e. The summed E-state index contributed by atoms with van der Waals surface area (Å²) in [7, 11) is 0. The van der Waals surface area contributed by atoms with Crippen molar-refractivity contribution in [1.82, 2.24) is 19.9 Å². The number of nitrogens with zero attached hydrogens (tertiary/aromatic N) is 3. The Kier molecular flexibility index (Phi) is 3.33. The molecule has 0 spiro atoms. The van der Waals surface area contributed by atoms with Crippen molar-refractivity contribution in [3.8, 4) is 5.82 Å². The van der Waals surface area contributed by atoms with E-state index in [2.05, 4.69) is 15.3 Å². The van der Waals surface area contributed by atoms with Gasteiger partial charge < -0.3 is 11.1 Å². The molecule has 2 aromatic heterocycles. The second-order valence-electron chi connectivity index (χ2n) is 3.52. The Morgan fingerprint density at radius 2 is 2.22 bits per heavy atom. The van der Waals surface area contributed by atoms with Gasteiger partial charge in [-0.05, 0) is 12.1 Å². The molecule has 2 heterocycles. The molecule has 0 aromatic carbocycles. The van der Waals surface area contributed by atoms with Crippen molar-refractivity contribution in [1.29, 1.82) is 0 Å². The van der Waals surface area contributed by atoms with Crippen molar-refractivity contribution in [3.05, 3.63) is 42.6 Å². The lowest BCUT2D eigenvalue weighted by molar-refractivity contribution is -0.117. The molecule has 0 fully saturated rings. The summed E-state index contributed by atoms with van der Waals surface area (Å²) in [6.07, 6.45) is 6.41. The first kappa shape index (κ1) is 11.8. The summed E-state index contributed by atoms with van der Waals surface area (Å²) >= 11 is 0. The van der Waals surface area contributed by atoms with Crippen LogP contribution in [0.15, 0.2) is 37.1 Å². The molecule has 0 bridgehead atoms. The van der Waals surface area contributed by atoms with E-state index in [1.165, 1.54) is 6.20 Å². The van der Waals surface area contributed by atoms with Crippen LogP contribution in [0.5, 0.6) is 0 Å².